The number of esters is 2. The minimum absolute atomic E-state index is 0.235. The lowest BCUT2D eigenvalue weighted by Crippen LogP contribution is -2.41. The molecule has 124 valence electrons. The van der Waals surface area contributed by atoms with Crippen LogP contribution in [-0.4, -0.2) is 26.2 Å². The molecule has 1 aromatic carbocycles. The first-order valence-electron chi connectivity index (χ1n) is 7.60. The monoisotopic (exact) mass is 316 g/mol. The smallest absolute Gasteiger partial charge is 0.323 e. The molecule has 0 aliphatic carbocycles. The zero-order chi connectivity index (χ0) is 17.1. The minimum Gasteiger partial charge on any atom is -0.468 e. The van der Waals surface area contributed by atoms with Gasteiger partial charge in [0.15, 0.2) is 5.41 Å². The molecule has 0 spiro atoms. The summed E-state index contributed by atoms with van der Waals surface area (Å²) in [5.41, 5.74) is -0.306. The van der Waals surface area contributed by atoms with E-state index >= 15 is 0 Å². The van der Waals surface area contributed by atoms with E-state index in [1.54, 1.807) is 6.08 Å². The second-order valence-corrected chi connectivity index (χ2v) is 5.26. The SMILES string of the molecule is C=CCCCC(C/C=C/c1ccccc1)(C(=O)OC)C(=O)OC. The van der Waals surface area contributed by atoms with E-state index in [9.17, 15) is 9.59 Å². The maximum Gasteiger partial charge on any atom is 0.323 e. The number of hydrogen-bond acceptors (Lipinski definition) is 4. The maximum atomic E-state index is 12.3. The Morgan fingerprint density at radius 1 is 1.13 bits per heavy atom. The molecule has 1 rings (SSSR count). The predicted octanol–water partition coefficient (Wildman–Crippen LogP) is 3.78. The van der Waals surface area contributed by atoms with Gasteiger partial charge in [-0.2, -0.15) is 0 Å². The van der Waals surface area contributed by atoms with Crippen LogP contribution in [0.25, 0.3) is 6.08 Å². The zero-order valence-electron chi connectivity index (χ0n) is 13.8. The van der Waals surface area contributed by atoms with Gasteiger partial charge in [0, 0.05) is 0 Å². The Labute approximate surface area is 137 Å². The lowest BCUT2D eigenvalue weighted by atomic mass is 9.79. The van der Waals surface area contributed by atoms with Crippen molar-refractivity contribution in [2.24, 2.45) is 5.41 Å². The van der Waals surface area contributed by atoms with E-state index < -0.39 is 17.4 Å². The van der Waals surface area contributed by atoms with Crippen LogP contribution in [0, 0.1) is 5.41 Å². The van der Waals surface area contributed by atoms with Crippen LogP contribution in [0.4, 0.5) is 0 Å². The second kappa shape index (κ2) is 9.62. The number of ether oxygens (including phenoxy) is 2. The number of carbonyl (C=O) groups is 2. The summed E-state index contributed by atoms with van der Waals surface area (Å²) in [4.78, 5) is 24.6. The summed E-state index contributed by atoms with van der Waals surface area (Å²) in [5, 5.41) is 0. The van der Waals surface area contributed by atoms with Crippen molar-refractivity contribution in [3.05, 3.63) is 54.6 Å². The molecule has 23 heavy (non-hydrogen) atoms. The fourth-order valence-corrected chi connectivity index (χ4v) is 2.46. The molecule has 0 atom stereocenters. The molecule has 0 aliphatic rings. The van der Waals surface area contributed by atoms with Gasteiger partial charge in [-0.25, -0.2) is 0 Å². The molecular weight excluding hydrogens is 292 g/mol. The maximum absolute atomic E-state index is 12.3. The first-order valence-corrected chi connectivity index (χ1v) is 7.60. The molecule has 0 heterocycles. The largest absolute Gasteiger partial charge is 0.468 e. The molecule has 4 heteroatoms. The number of carbonyl (C=O) groups excluding carboxylic acids is 2. The van der Waals surface area contributed by atoms with Gasteiger partial charge in [-0.15, -0.1) is 6.58 Å². The lowest BCUT2D eigenvalue weighted by molar-refractivity contribution is -0.169. The molecule has 0 saturated carbocycles. The molecule has 0 unspecified atom stereocenters. The van der Waals surface area contributed by atoms with Gasteiger partial charge in [0.25, 0.3) is 0 Å². The summed E-state index contributed by atoms with van der Waals surface area (Å²) in [5.74, 6) is -1.13. The highest BCUT2D eigenvalue weighted by Gasteiger charge is 2.46. The zero-order valence-corrected chi connectivity index (χ0v) is 13.8. The van der Waals surface area contributed by atoms with Gasteiger partial charge in [0.1, 0.15) is 0 Å². The van der Waals surface area contributed by atoms with Gasteiger partial charge in [-0.3, -0.25) is 9.59 Å². The van der Waals surface area contributed by atoms with E-state index in [4.69, 9.17) is 9.47 Å². The molecule has 0 fully saturated rings. The van der Waals surface area contributed by atoms with E-state index in [0.717, 1.165) is 12.0 Å². The standard InChI is InChI=1S/C19H24O4/c1-4-5-9-14-19(17(20)22-2,18(21)23-3)15-10-13-16-11-7-6-8-12-16/h4,6-8,10-13H,1,5,9,14-15H2,2-3H3/b13-10+. The Hall–Kier alpha value is -2.36. The van der Waals surface area contributed by atoms with Crippen molar-refractivity contribution < 1.29 is 19.1 Å². The fraction of sp³-hybridized carbons (Fsp3) is 0.368. The van der Waals surface area contributed by atoms with Crippen molar-refractivity contribution in [1.82, 2.24) is 0 Å². The third-order valence-electron chi connectivity index (χ3n) is 3.74. The highest BCUT2D eigenvalue weighted by atomic mass is 16.5. The van der Waals surface area contributed by atoms with Crippen LogP contribution in [0.1, 0.15) is 31.2 Å². The average molecular weight is 316 g/mol. The number of unbranched alkanes of at least 4 members (excludes halogenated alkanes) is 1. The van der Waals surface area contributed by atoms with Gasteiger partial charge < -0.3 is 9.47 Å². The summed E-state index contributed by atoms with van der Waals surface area (Å²) >= 11 is 0. The molecule has 1 aromatic rings. The quantitative estimate of drug-likeness (QED) is 0.301. The van der Waals surface area contributed by atoms with E-state index in [1.807, 2.05) is 42.5 Å². The number of hydrogen-bond donors (Lipinski definition) is 0. The Morgan fingerprint density at radius 2 is 1.74 bits per heavy atom. The third kappa shape index (κ3) is 5.09. The first kappa shape index (κ1) is 18.7. The number of benzene rings is 1. The van der Waals surface area contributed by atoms with Gasteiger partial charge in [-0.05, 0) is 31.2 Å². The Morgan fingerprint density at radius 3 is 2.26 bits per heavy atom. The first-order chi connectivity index (χ1) is 11.1. The normalized spacial score (nSPS) is 11.2. The van der Waals surface area contributed by atoms with Gasteiger partial charge in [0.2, 0.25) is 0 Å². The Bertz CT molecular complexity index is 530. The van der Waals surface area contributed by atoms with Crippen molar-refractivity contribution in [3.63, 3.8) is 0 Å². The van der Waals surface area contributed by atoms with Crippen LogP contribution >= 0.6 is 0 Å². The Balaban J connectivity index is 2.99. The van der Waals surface area contributed by atoms with E-state index in [-0.39, 0.29) is 6.42 Å². The summed E-state index contributed by atoms with van der Waals surface area (Å²) in [6.45, 7) is 3.67. The van der Waals surface area contributed by atoms with Crippen molar-refractivity contribution in [2.75, 3.05) is 14.2 Å². The van der Waals surface area contributed by atoms with Crippen molar-refractivity contribution in [3.8, 4) is 0 Å². The van der Waals surface area contributed by atoms with Crippen molar-refractivity contribution in [2.45, 2.75) is 25.7 Å². The molecule has 0 radical (unpaired) electrons. The molecule has 0 aliphatic heterocycles. The second-order valence-electron chi connectivity index (χ2n) is 5.26. The average Bonchev–Trinajstić information content (AvgIpc) is 2.60. The molecule has 0 bridgehead atoms. The molecule has 4 nitrogen and oxygen atoms in total. The number of allylic oxidation sites excluding steroid dienone is 2. The molecule has 0 amide bonds. The van der Waals surface area contributed by atoms with Gasteiger partial charge in [0.05, 0.1) is 14.2 Å². The molecular formula is C19H24O4. The molecule has 0 N–H and O–H groups in total. The van der Waals surface area contributed by atoms with E-state index in [1.165, 1.54) is 14.2 Å². The Kier molecular flexibility index (Phi) is 7.81. The number of methoxy groups -OCH3 is 2. The topological polar surface area (TPSA) is 52.6 Å². The fourth-order valence-electron chi connectivity index (χ4n) is 2.46. The highest BCUT2D eigenvalue weighted by molar-refractivity contribution is 6.00. The third-order valence-corrected chi connectivity index (χ3v) is 3.74. The predicted molar refractivity (Wildman–Crippen MR) is 90.6 cm³/mol. The van der Waals surface area contributed by atoms with Crippen LogP contribution in [-0.2, 0) is 19.1 Å². The van der Waals surface area contributed by atoms with Gasteiger partial charge in [-0.1, -0.05) is 48.6 Å². The summed E-state index contributed by atoms with van der Waals surface area (Å²) in [6, 6.07) is 9.69. The van der Waals surface area contributed by atoms with Crippen molar-refractivity contribution >= 4 is 18.0 Å². The molecule has 0 saturated heterocycles. The number of rotatable bonds is 9. The van der Waals surface area contributed by atoms with Crippen LogP contribution < -0.4 is 0 Å². The minimum atomic E-state index is -1.31. The van der Waals surface area contributed by atoms with Crippen LogP contribution in [0.3, 0.4) is 0 Å². The lowest BCUT2D eigenvalue weighted by Gasteiger charge is -2.27. The molecule has 0 aromatic heterocycles. The van der Waals surface area contributed by atoms with Crippen LogP contribution in [0.15, 0.2) is 49.1 Å². The summed E-state index contributed by atoms with van der Waals surface area (Å²) in [7, 11) is 2.57. The van der Waals surface area contributed by atoms with Crippen molar-refractivity contribution in [1.29, 1.82) is 0 Å². The summed E-state index contributed by atoms with van der Waals surface area (Å²) < 4.78 is 9.75. The van der Waals surface area contributed by atoms with Gasteiger partial charge >= 0.3 is 11.9 Å². The van der Waals surface area contributed by atoms with E-state index in [2.05, 4.69) is 6.58 Å². The van der Waals surface area contributed by atoms with E-state index in [0.29, 0.717) is 12.8 Å². The van der Waals surface area contributed by atoms with Crippen LogP contribution in [0.2, 0.25) is 0 Å². The summed E-state index contributed by atoms with van der Waals surface area (Å²) in [6.07, 6.45) is 7.44. The van der Waals surface area contributed by atoms with Crippen LogP contribution in [0.5, 0.6) is 0 Å². The highest BCUT2D eigenvalue weighted by Crippen LogP contribution is 2.33.